The van der Waals surface area contributed by atoms with Gasteiger partial charge in [0.05, 0.1) is 11.6 Å². The Morgan fingerprint density at radius 3 is 2.72 bits per heavy atom. The Hall–Kier alpha value is -2.16. The zero-order valence-electron chi connectivity index (χ0n) is 9.84. The minimum Gasteiger partial charge on any atom is -0.481 e. The van der Waals surface area contributed by atoms with Crippen molar-refractivity contribution < 1.29 is 9.90 Å². The van der Waals surface area contributed by atoms with E-state index in [4.69, 9.17) is 5.11 Å². The number of rotatable bonds is 2. The van der Waals surface area contributed by atoms with Crippen LogP contribution < -0.4 is 0 Å². The van der Waals surface area contributed by atoms with Crippen molar-refractivity contribution in [3.8, 4) is 11.3 Å². The number of carbonyl (C=O) groups is 1. The molecule has 3 heteroatoms. The number of benzene rings is 1. The van der Waals surface area contributed by atoms with Crippen LogP contribution in [-0.2, 0) is 17.6 Å². The van der Waals surface area contributed by atoms with Gasteiger partial charge in [0.2, 0.25) is 0 Å². The van der Waals surface area contributed by atoms with Gasteiger partial charge in [0.1, 0.15) is 0 Å². The van der Waals surface area contributed by atoms with Crippen LogP contribution in [0.25, 0.3) is 11.3 Å². The zero-order chi connectivity index (χ0) is 12.5. The molecular weight excluding hydrogens is 226 g/mol. The van der Waals surface area contributed by atoms with E-state index in [2.05, 4.69) is 11.1 Å². The number of aliphatic carboxylic acids is 1. The van der Waals surface area contributed by atoms with Crippen molar-refractivity contribution in [3.63, 3.8) is 0 Å². The Kier molecular flexibility index (Phi) is 2.59. The van der Waals surface area contributed by atoms with Crippen LogP contribution in [0.5, 0.6) is 0 Å². The normalized spacial score (nSPS) is 17.4. The Morgan fingerprint density at radius 1 is 1.17 bits per heavy atom. The number of nitrogens with zero attached hydrogens (tertiary/aromatic N) is 1. The van der Waals surface area contributed by atoms with Crippen molar-refractivity contribution in [2.24, 2.45) is 5.92 Å². The molecule has 3 rings (SSSR count). The Labute approximate surface area is 105 Å². The lowest BCUT2D eigenvalue weighted by molar-refractivity contribution is -0.141. The molecule has 1 aromatic carbocycles. The molecular formula is C15H13NO2. The second-order valence-electron chi connectivity index (χ2n) is 4.64. The van der Waals surface area contributed by atoms with Gasteiger partial charge in [-0.25, -0.2) is 0 Å². The fourth-order valence-corrected chi connectivity index (χ4v) is 2.49. The van der Waals surface area contributed by atoms with Crippen LogP contribution in [0.1, 0.15) is 11.1 Å². The molecule has 1 aromatic heterocycles. The van der Waals surface area contributed by atoms with Crippen LogP contribution in [0.4, 0.5) is 0 Å². The number of hydrogen-bond acceptors (Lipinski definition) is 2. The van der Waals surface area contributed by atoms with E-state index in [1.54, 1.807) is 6.20 Å². The predicted molar refractivity (Wildman–Crippen MR) is 68.2 cm³/mol. The van der Waals surface area contributed by atoms with E-state index in [0.717, 1.165) is 22.4 Å². The molecule has 0 saturated carbocycles. The Bertz CT molecular complexity index is 593. The highest BCUT2D eigenvalue weighted by Crippen LogP contribution is 2.30. The standard InChI is InChI=1S/C15H13NO2/c17-15(18)13-7-10-4-5-11(8-12(10)9-13)14-3-1-2-6-16-14/h1-6,8,13H,7,9H2,(H,17,18)/t13-/m0/s1. The molecule has 1 atom stereocenters. The number of fused-ring (bicyclic) bond motifs is 1. The monoisotopic (exact) mass is 239 g/mol. The zero-order valence-corrected chi connectivity index (χ0v) is 9.84. The fraction of sp³-hybridized carbons (Fsp3) is 0.200. The molecule has 2 aromatic rings. The summed E-state index contributed by atoms with van der Waals surface area (Å²) < 4.78 is 0. The van der Waals surface area contributed by atoms with Crippen molar-refractivity contribution in [2.75, 3.05) is 0 Å². The second-order valence-corrected chi connectivity index (χ2v) is 4.64. The molecule has 1 heterocycles. The number of hydrogen-bond donors (Lipinski definition) is 1. The third-order valence-corrected chi connectivity index (χ3v) is 3.45. The molecule has 0 saturated heterocycles. The van der Waals surface area contributed by atoms with Crippen molar-refractivity contribution in [1.82, 2.24) is 4.98 Å². The van der Waals surface area contributed by atoms with E-state index in [1.165, 1.54) is 0 Å². The number of aromatic nitrogens is 1. The second kappa shape index (κ2) is 4.26. The van der Waals surface area contributed by atoms with Crippen LogP contribution in [-0.4, -0.2) is 16.1 Å². The van der Waals surface area contributed by atoms with Gasteiger partial charge in [-0.2, -0.15) is 0 Å². The molecule has 90 valence electrons. The molecule has 18 heavy (non-hydrogen) atoms. The van der Waals surface area contributed by atoms with E-state index in [1.807, 2.05) is 30.3 Å². The Morgan fingerprint density at radius 2 is 2.00 bits per heavy atom. The average Bonchev–Trinajstić information content (AvgIpc) is 2.82. The van der Waals surface area contributed by atoms with Crippen LogP contribution in [0, 0.1) is 5.92 Å². The summed E-state index contributed by atoms with van der Waals surface area (Å²) in [5, 5.41) is 9.06. The molecule has 0 spiro atoms. The first-order chi connectivity index (χ1) is 8.74. The maximum atomic E-state index is 11.0. The van der Waals surface area contributed by atoms with Crippen LogP contribution in [0.15, 0.2) is 42.6 Å². The average molecular weight is 239 g/mol. The van der Waals surface area contributed by atoms with Crippen molar-refractivity contribution in [2.45, 2.75) is 12.8 Å². The van der Waals surface area contributed by atoms with E-state index >= 15 is 0 Å². The molecule has 1 N–H and O–H groups in total. The summed E-state index contributed by atoms with van der Waals surface area (Å²) in [6.07, 6.45) is 3.04. The van der Waals surface area contributed by atoms with Gasteiger partial charge in [0, 0.05) is 11.8 Å². The largest absolute Gasteiger partial charge is 0.481 e. The van der Waals surface area contributed by atoms with Crippen LogP contribution in [0.2, 0.25) is 0 Å². The highest BCUT2D eigenvalue weighted by atomic mass is 16.4. The number of carboxylic acid groups (broad SMARTS) is 1. The van der Waals surface area contributed by atoms with Gasteiger partial charge in [-0.05, 0) is 42.2 Å². The Balaban J connectivity index is 1.95. The third kappa shape index (κ3) is 1.88. The summed E-state index contributed by atoms with van der Waals surface area (Å²) in [5.74, 6) is -0.968. The summed E-state index contributed by atoms with van der Waals surface area (Å²) >= 11 is 0. The SMILES string of the molecule is O=C(O)[C@H]1Cc2ccc(-c3ccccn3)cc2C1. The summed E-state index contributed by atoms with van der Waals surface area (Å²) in [5.41, 5.74) is 4.28. The van der Waals surface area contributed by atoms with Crippen molar-refractivity contribution in [1.29, 1.82) is 0 Å². The topological polar surface area (TPSA) is 50.2 Å². The van der Waals surface area contributed by atoms with E-state index < -0.39 is 5.97 Å². The van der Waals surface area contributed by atoms with Crippen LogP contribution >= 0.6 is 0 Å². The lowest BCUT2D eigenvalue weighted by Gasteiger charge is -2.03. The van der Waals surface area contributed by atoms with Gasteiger partial charge in [0.15, 0.2) is 0 Å². The number of pyridine rings is 1. The summed E-state index contributed by atoms with van der Waals surface area (Å²) in [6.45, 7) is 0. The third-order valence-electron chi connectivity index (χ3n) is 3.45. The van der Waals surface area contributed by atoms with Gasteiger partial charge in [-0.15, -0.1) is 0 Å². The molecule has 1 aliphatic rings. The number of carboxylic acids is 1. The van der Waals surface area contributed by atoms with Crippen LogP contribution in [0.3, 0.4) is 0 Å². The molecule has 0 radical (unpaired) electrons. The molecule has 0 bridgehead atoms. The highest BCUT2D eigenvalue weighted by molar-refractivity contribution is 5.73. The lowest BCUT2D eigenvalue weighted by atomic mass is 10.0. The minimum absolute atomic E-state index is 0.265. The van der Waals surface area contributed by atoms with Gasteiger partial charge in [-0.3, -0.25) is 9.78 Å². The van der Waals surface area contributed by atoms with E-state index in [9.17, 15) is 4.79 Å². The first-order valence-electron chi connectivity index (χ1n) is 6.00. The minimum atomic E-state index is -0.703. The van der Waals surface area contributed by atoms with Gasteiger partial charge < -0.3 is 5.11 Å². The smallest absolute Gasteiger partial charge is 0.307 e. The summed E-state index contributed by atoms with van der Waals surface area (Å²) in [4.78, 5) is 15.3. The maximum Gasteiger partial charge on any atom is 0.307 e. The predicted octanol–water partition coefficient (Wildman–Crippen LogP) is 2.55. The fourth-order valence-electron chi connectivity index (χ4n) is 2.49. The first kappa shape index (κ1) is 11.0. The molecule has 0 aliphatic heterocycles. The molecule has 0 amide bonds. The van der Waals surface area contributed by atoms with Gasteiger partial charge in [-0.1, -0.05) is 18.2 Å². The summed E-state index contributed by atoms with van der Waals surface area (Å²) in [7, 11) is 0. The molecule has 0 fully saturated rings. The molecule has 1 aliphatic carbocycles. The van der Waals surface area contributed by atoms with Gasteiger partial charge >= 0.3 is 5.97 Å². The quantitative estimate of drug-likeness (QED) is 0.876. The maximum absolute atomic E-state index is 11.0. The van der Waals surface area contributed by atoms with Gasteiger partial charge in [0.25, 0.3) is 0 Å². The molecule has 3 nitrogen and oxygen atoms in total. The molecule has 0 unspecified atom stereocenters. The van der Waals surface area contributed by atoms with E-state index in [-0.39, 0.29) is 5.92 Å². The summed E-state index contributed by atoms with van der Waals surface area (Å²) in [6, 6.07) is 11.9. The van der Waals surface area contributed by atoms with Crippen molar-refractivity contribution >= 4 is 5.97 Å². The lowest BCUT2D eigenvalue weighted by Crippen LogP contribution is -2.12. The first-order valence-corrected chi connectivity index (χ1v) is 6.00. The highest BCUT2D eigenvalue weighted by Gasteiger charge is 2.27. The van der Waals surface area contributed by atoms with Crippen molar-refractivity contribution in [3.05, 3.63) is 53.7 Å². The van der Waals surface area contributed by atoms with E-state index in [0.29, 0.717) is 12.8 Å².